The Balaban J connectivity index is 2.16. The molecule has 1 heterocycles. The number of esters is 1. The van der Waals surface area contributed by atoms with E-state index >= 15 is 0 Å². The molecular formula is C14H15BrINO3. The summed E-state index contributed by atoms with van der Waals surface area (Å²) in [6, 6.07) is 5.67. The van der Waals surface area contributed by atoms with E-state index in [1.165, 1.54) is 7.11 Å². The largest absolute Gasteiger partial charge is 0.469 e. The predicted molar refractivity (Wildman–Crippen MR) is 87.5 cm³/mol. The summed E-state index contributed by atoms with van der Waals surface area (Å²) in [5, 5.41) is 0. The van der Waals surface area contributed by atoms with E-state index in [0.29, 0.717) is 18.7 Å². The fourth-order valence-electron chi connectivity index (χ4n) is 2.35. The van der Waals surface area contributed by atoms with Crippen LogP contribution in [0, 0.1) is 9.49 Å². The van der Waals surface area contributed by atoms with Crippen LogP contribution < -0.4 is 0 Å². The quantitative estimate of drug-likeness (QED) is 0.512. The molecule has 6 heteroatoms. The Morgan fingerprint density at radius 2 is 2.20 bits per heavy atom. The maximum Gasteiger partial charge on any atom is 0.310 e. The smallest absolute Gasteiger partial charge is 0.310 e. The van der Waals surface area contributed by atoms with Gasteiger partial charge in [0.2, 0.25) is 0 Å². The average molecular weight is 452 g/mol. The Morgan fingerprint density at radius 3 is 2.90 bits per heavy atom. The molecule has 0 radical (unpaired) electrons. The van der Waals surface area contributed by atoms with Gasteiger partial charge in [0.25, 0.3) is 5.91 Å². The summed E-state index contributed by atoms with van der Waals surface area (Å²) in [5.41, 5.74) is 0.641. The lowest BCUT2D eigenvalue weighted by atomic mass is 9.97. The Hall–Kier alpha value is -0.630. The fraction of sp³-hybridized carbons (Fsp3) is 0.429. The number of amides is 1. The van der Waals surface area contributed by atoms with E-state index in [9.17, 15) is 9.59 Å². The molecule has 0 saturated carbocycles. The minimum Gasteiger partial charge on any atom is -0.469 e. The predicted octanol–water partition coefficient (Wildman–Crippen LogP) is 3.08. The molecule has 1 saturated heterocycles. The van der Waals surface area contributed by atoms with Gasteiger partial charge in [0.15, 0.2) is 0 Å². The average Bonchev–Trinajstić information content (AvgIpc) is 2.48. The summed E-state index contributed by atoms with van der Waals surface area (Å²) in [6.07, 6.45) is 1.61. The highest BCUT2D eigenvalue weighted by Gasteiger charge is 2.30. The second-order valence-electron chi connectivity index (χ2n) is 4.74. The summed E-state index contributed by atoms with van der Waals surface area (Å²) in [6.45, 7) is 1.12. The lowest BCUT2D eigenvalue weighted by Crippen LogP contribution is -2.42. The molecule has 1 atom stereocenters. The molecule has 20 heavy (non-hydrogen) atoms. The van der Waals surface area contributed by atoms with Crippen molar-refractivity contribution in [2.45, 2.75) is 12.8 Å². The number of rotatable bonds is 2. The molecule has 0 spiro atoms. The van der Waals surface area contributed by atoms with Gasteiger partial charge in [-0.25, -0.2) is 0 Å². The highest BCUT2D eigenvalue weighted by Crippen LogP contribution is 2.24. The Labute approximate surface area is 140 Å². The van der Waals surface area contributed by atoms with E-state index in [1.54, 1.807) is 4.90 Å². The molecule has 108 valence electrons. The topological polar surface area (TPSA) is 46.6 Å². The third-order valence-electron chi connectivity index (χ3n) is 3.40. The molecule has 0 N–H and O–H groups in total. The van der Waals surface area contributed by atoms with E-state index < -0.39 is 0 Å². The van der Waals surface area contributed by atoms with Gasteiger partial charge in [0.1, 0.15) is 0 Å². The third kappa shape index (κ3) is 3.52. The number of benzene rings is 1. The van der Waals surface area contributed by atoms with E-state index in [4.69, 9.17) is 4.74 Å². The number of carbonyl (C=O) groups excluding carboxylic acids is 2. The number of hydrogen-bond acceptors (Lipinski definition) is 3. The zero-order valence-electron chi connectivity index (χ0n) is 11.1. The van der Waals surface area contributed by atoms with Crippen LogP contribution >= 0.6 is 38.5 Å². The highest BCUT2D eigenvalue weighted by atomic mass is 127. The summed E-state index contributed by atoms with van der Waals surface area (Å²) in [7, 11) is 1.39. The second-order valence-corrected chi connectivity index (χ2v) is 6.84. The summed E-state index contributed by atoms with van der Waals surface area (Å²) >= 11 is 5.59. The Bertz CT molecular complexity index is 535. The number of likely N-dealkylation sites (tertiary alicyclic amines) is 1. The van der Waals surface area contributed by atoms with Crippen LogP contribution in [0.5, 0.6) is 0 Å². The highest BCUT2D eigenvalue weighted by molar-refractivity contribution is 14.1. The Kier molecular flexibility index (Phi) is 5.42. The van der Waals surface area contributed by atoms with Crippen LogP contribution in [-0.2, 0) is 9.53 Å². The van der Waals surface area contributed by atoms with Crippen molar-refractivity contribution in [2.75, 3.05) is 20.2 Å². The molecular weight excluding hydrogens is 437 g/mol. The molecule has 1 fully saturated rings. The van der Waals surface area contributed by atoms with Gasteiger partial charge in [-0.2, -0.15) is 0 Å². The third-order valence-corrected chi connectivity index (χ3v) is 4.76. The van der Waals surface area contributed by atoms with Crippen LogP contribution in [0.2, 0.25) is 0 Å². The zero-order valence-corrected chi connectivity index (χ0v) is 14.8. The number of carbonyl (C=O) groups is 2. The minimum absolute atomic E-state index is 0.0380. The van der Waals surface area contributed by atoms with Gasteiger partial charge in [-0.15, -0.1) is 0 Å². The summed E-state index contributed by atoms with van der Waals surface area (Å²) in [5.74, 6) is -0.479. The molecule has 1 amide bonds. The molecule has 1 aliphatic rings. The van der Waals surface area contributed by atoms with Gasteiger partial charge < -0.3 is 9.64 Å². The van der Waals surface area contributed by atoms with Crippen LogP contribution in [0.1, 0.15) is 23.2 Å². The number of halogens is 2. The molecule has 0 aliphatic carbocycles. The lowest BCUT2D eigenvalue weighted by molar-refractivity contribution is -0.146. The fourth-order valence-corrected chi connectivity index (χ4v) is 3.26. The number of ether oxygens (including phenoxy) is 1. The zero-order chi connectivity index (χ0) is 14.7. The van der Waals surface area contributed by atoms with Crippen molar-refractivity contribution in [1.82, 2.24) is 4.90 Å². The first-order valence-electron chi connectivity index (χ1n) is 6.35. The molecule has 1 aromatic rings. The van der Waals surface area contributed by atoms with Crippen molar-refractivity contribution in [2.24, 2.45) is 5.92 Å². The molecule has 2 rings (SSSR count). The van der Waals surface area contributed by atoms with Crippen molar-refractivity contribution in [1.29, 1.82) is 0 Å². The first-order valence-corrected chi connectivity index (χ1v) is 8.22. The van der Waals surface area contributed by atoms with E-state index in [0.717, 1.165) is 20.9 Å². The van der Waals surface area contributed by atoms with Crippen LogP contribution in [0.3, 0.4) is 0 Å². The van der Waals surface area contributed by atoms with E-state index in [-0.39, 0.29) is 17.8 Å². The van der Waals surface area contributed by atoms with Crippen LogP contribution in [-0.4, -0.2) is 37.0 Å². The number of piperidine rings is 1. The molecule has 1 aliphatic heterocycles. The molecule has 1 aromatic carbocycles. The summed E-state index contributed by atoms with van der Waals surface area (Å²) < 4.78 is 6.57. The normalized spacial score (nSPS) is 18.8. The first kappa shape index (κ1) is 15.8. The van der Waals surface area contributed by atoms with Crippen molar-refractivity contribution in [3.63, 3.8) is 0 Å². The maximum atomic E-state index is 12.6. The SMILES string of the molecule is COC(=O)C1CCCN(C(=O)c2cc(I)ccc2Br)C1. The first-order chi connectivity index (χ1) is 9.52. The molecule has 0 aromatic heterocycles. The van der Waals surface area contributed by atoms with Gasteiger partial charge >= 0.3 is 5.97 Å². The Morgan fingerprint density at radius 1 is 1.45 bits per heavy atom. The van der Waals surface area contributed by atoms with E-state index in [1.807, 2.05) is 18.2 Å². The van der Waals surface area contributed by atoms with E-state index in [2.05, 4.69) is 38.5 Å². The van der Waals surface area contributed by atoms with Gasteiger partial charge in [0.05, 0.1) is 18.6 Å². The van der Waals surface area contributed by atoms with Gasteiger partial charge in [-0.3, -0.25) is 9.59 Å². The van der Waals surface area contributed by atoms with Gasteiger partial charge in [-0.05, 0) is 69.6 Å². The molecule has 4 nitrogen and oxygen atoms in total. The maximum absolute atomic E-state index is 12.6. The number of hydrogen-bond donors (Lipinski definition) is 0. The standard InChI is InChI=1S/C14H15BrINO3/c1-20-14(19)9-3-2-6-17(8-9)13(18)11-7-10(16)4-5-12(11)15/h4-5,7,9H,2-3,6,8H2,1H3. The number of methoxy groups -OCH3 is 1. The minimum atomic E-state index is -0.232. The van der Waals surface area contributed by atoms with Crippen LogP contribution in [0.25, 0.3) is 0 Å². The van der Waals surface area contributed by atoms with Crippen molar-refractivity contribution >= 4 is 50.4 Å². The van der Waals surface area contributed by atoms with Gasteiger partial charge in [0, 0.05) is 21.1 Å². The van der Waals surface area contributed by atoms with Crippen LogP contribution in [0.4, 0.5) is 0 Å². The van der Waals surface area contributed by atoms with Crippen molar-refractivity contribution in [3.05, 3.63) is 31.8 Å². The lowest BCUT2D eigenvalue weighted by Gasteiger charge is -2.31. The van der Waals surface area contributed by atoms with Crippen LogP contribution in [0.15, 0.2) is 22.7 Å². The van der Waals surface area contributed by atoms with Gasteiger partial charge in [-0.1, -0.05) is 0 Å². The molecule has 0 bridgehead atoms. The van der Waals surface area contributed by atoms with Crippen molar-refractivity contribution in [3.8, 4) is 0 Å². The second kappa shape index (κ2) is 6.89. The molecule has 1 unspecified atom stereocenters. The summed E-state index contributed by atoms with van der Waals surface area (Å²) in [4.78, 5) is 25.9. The van der Waals surface area contributed by atoms with Crippen molar-refractivity contribution < 1.29 is 14.3 Å². The number of nitrogens with zero attached hydrogens (tertiary/aromatic N) is 1. The monoisotopic (exact) mass is 451 g/mol.